The molecule has 1 atom stereocenters. The normalized spacial score (nSPS) is 14.6. The van der Waals surface area contributed by atoms with Crippen molar-refractivity contribution in [3.8, 4) is 0 Å². The second kappa shape index (κ2) is 4.42. The van der Waals surface area contributed by atoms with E-state index >= 15 is 0 Å². The zero-order valence-electron chi connectivity index (χ0n) is 4.90. The largest absolute Gasteiger partial charge is 0.328 e. The Morgan fingerprint density at radius 3 is 2.00 bits per heavy atom. The van der Waals surface area contributed by atoms with Crippen LogP contribution in [0.2, 0.25) is 0 Å². The second-order valence-corrected chi connectivity index (χ2v) is 3.22. The van der Waals surface area contributed by atoms with Gasteiger partial charge in [-0.05, 0) is 19.8 Å². The van der Waals surface area contributed by atoms with Crippen molar-refractivity contribution in [2.45, 2.75) is 30.6 Å². The molecular weight excluding hydrogens is 145 g/mol. The Balaban J connectivity index is 2.93. The van der Waals surface area contributed by atoms with Crippen LogP contribution < -0.4 is 5.73 Å². The maximum Gasteiger partial charge on any atom is 0.107 e. The molecular formula is C5H11Cl2N. The molecule has 0 saturated heterocycles. The average Bonchev–Trinajstić information content (AvgIpc) is 1.61. The summed E-state index contributed by atoms with van der Waals surface area (Å²) >= 11 is 10.9. The molecule has 0 bridgehead atoms. The SMILES string of the molecule is C[C@@H](N)CCC(Cl)Cl. The summed E-state index contributed by atoms with van der Waals surface area (Å²) in [5.74, 6) is 0. The average molecular weight is 156 g/mol. The maximum absolute atomic E-state index is 5.43. The van der Waals surface area contributed by atoms with Crippen LogP contribution in [0.3, 0.4) is 0 Å². The molecule has 0 fully saturated rings. The Bertz CT molecular complexity index is 46.4. The summed E-state index contributed by atoms with van der Waals surface area (Å²) < 4.78 is 0. The van der Waals surface area contributed by atoms with Crippen molar-refractivity contribution >= 4 is 23.2 Å². The van der Waals surface area contributed by atoms with E-state index in [4.69, 9.17) is 28.9 Å². The summed E-state index contributed by atoms with van der Waals surface area (Å²) in [6.07, 6.45) is 1.69. The van der Waals surface area contributed by atoms with Crippen LogP contribution in [-0.4, -0.2) is 10.9 Å². The molecule has 0 unspecified atom stereocenters. The van der Waals surface area contributed by atoms with Crippen LogP contribution in [-0.2, 0) is 0 Å². The lowest BCUT2D eigenvalue weighted by Crippen LogP contribution is -2.15. The predicted octanol–water partition coefficient (Wildman–Crippen LogP) is 1.92. The summed E-state index contributed by atoms with van der Waals surface area (Å²) in [5.41, 5.74) is 5.42. The number of alkyl halides is 2. The molecule has 0 aliphatic rings. The molecule has 0 spiro atoms. The molecule has 50 valence electrons. The minimum atomic E-state index is -0.249. The van der Waals surface area contributed by atoms with E-state index in [2.05, 4.69) is 0 Å². The van der Waals surface area contributed by atoms with Crippen LogP contribution in [0.15, 0.2) is 0 Å². The lowest BCUT2D eigenvalue weighted by atomic mass is 10.2. The van der Waals surface area contributed by atoms with Crippen molar-refractivity contribution in [1.29, 1.82) is 0 Å². The van der Waals surface area contributed by atoms with Gasteiger partial charge in [0.25, 0.3) is 0 Å². The van der Waals surface area contributed by atoms with Crippen molar-refractivity contribution in [3.05, 3.63) is 0 Å². The van der Waals surface area contributed by atoms with Gasteiger partial charge in [-0.2, -0.15) is 0 Å². The highest BCUT2D eigenvalue weighted by Crippen LogP contribution is 2.09. The predicted molar refractivity (Wildman–Crippen MR) is 38.4 cm³/mol. The zero-order valence-corrected chi connectivity index (χ0v) is 6.41. The summed E-state index contributed by atoms with van der Waals surface area (Å²) in [6.45, 7) is 1.94. The minimum absolute atomic E-state index is 0.218. The monoisotopic (exact) mass is 155 g/mol. The Labute approximate surface area is 60.1 Å². The molecule has 0 aromatic rings. The van der Waals surface area contributed by atoms with Gasteiger partial charge in [0.15, 0.2) is 0 Å². The molecule has 0 aliphatic carbocycles. The van der Waals surface area contributed by atoms with Gasteiger partial charge in [0.2, 0.25) is 0 Å². The maximum atomic E-state index is 5.43. The van der Waals surface area contributed by atoms with E-state index in [0.29, 0.717) is 0 Å². The minimum Gasteiger partial charge on any atom is -0.328 e. The summed E-state index contributed by atoms with van der Waals surface area (Å²) in [5, 5.41) is 0. The third-order valence-electron chi connectivity index (χ3n) is 0.840. The van der Waals surface area contributed by atoms with Gasteiger partial charge in [-0.1, -0.05) is 0 Å². The fourth-order valence-corrected chi connectivity index (χ4v) is 0.641. The van der Waals surface area contributed by atoms with E-state index in [1.165, 1.54) is 0 Å². The van der Waals surface area contributed by atoms with E-state index in [-0.39, 0.29) is 10.9 Å². The molecule has 1 nitrogen and oxygen atoms in total. The van der Waals surface area contributed by atoms with Crippen LogP contribution in [0.25, 0.3) is 0 Å². The number of halogens is 2. The highest BCUT2D eigenvalue weighted by atomic mass is 35.5. The Kier molecular flexibility index (Phi) is 4.72. The lowest BCUT2D eigenvalue weighted by molar-refractivity contribution is 0.645. The molecule has 0 saturated carbocycles. The zero-order chi connectivity index (χ0) is 6.57. The van der Waals surface area contributed by atoms with E-state index in [9.17, 15) is 0 Å². The van der Waals surface area contributed by atoms with Crippen LogP contribution in [0.4, 0.5) is 0 Å². The van der Waals surface area contributed by atoms with Gasteiger partial charge in [-0.15, -0.1) is 23.2 Å². The molecule has 0 heterocycles. The molecule has 8 heavy (non-hydrogen) atoms. The Morgan fingerprint density at radius 1 is 1.38 bits per heavy atom. The summed E-state index contributed by atoms with van der Waals surface area (Å²) in [7, 11) is 0. The second-order valence-electron chi connectivity index (χ2n) is 1.95. The fourth-order valence-electron chi connectivity index (χ4n) is 0.389. The third kappa shape index (κ3) is 6.54. The van der Waals surface area contributed by atoms with Gasteiger partial charge in [0.1, 0.15) is 4.84 Å². The van der Waals surface area contributed by atoms with Crippen molar-refractivity contribution < 1.29 is 0 Å². The molecule has 2 N–H and O–H groups in total. The first-order valence-corrected chi connectivity index (χ1v) is 3.54. The van der Waals surface area contributed by atoms with Gasteiger partial charge in [0, 0.05) is 6.04 Å². The molecule has 0 radical (unpaired) electrons. The lowest BCUT2D eigenvalue weighted by Gasteiger charge is -2.03. The van der Waals surface area contributed by atoms with Crippen LogP contribution in [0.5, 0.6) is 0 Å². The molecule has 0 amide bonds. The standard InChI is InChI=1S/C5H11Cl2N/c1-4(8)2-3-5(6)7/h4-5H,2-3,8H2,1H3/t4-/m1/s1. The summed E-state index contributed by atoms with van der Waals surface area (Å²) in [4.78, 5) is -0.249. The van der Waals surface area contributed by atoms with Gasteiger partial charge in [0.05, 0.1) is 0 Å². The molecule has 0 aromatic carbocycles. The smallest absolute Gasteiger partial charge is 0.107 e. The first-order chi connectivity index (χ1) is 3.63. The van der Waals surface area contributed by atoms with E-state index in [0.717, 1.165) is 12.8 Å². The quantitative estimate of drug-likeness (QED) is 0.620. The number of rotatable bonds is 3. The Morgan fingerprint density at radius 2 is 1.88 bits per heavy atom. The highest BCUT2D eigenvalue weighted by molar-refractivity contribution is 6.44. The van der Waals surface area contributed by atoms with Crippen molar-refractivity contribution in [2.24, 2.45) is 5.73 Å². The van der Waals surface area contributed by atoms with Crippen molar-refractivity contribution in [1.82, 2.24) is 0 Å². The molecule has 3 heteroatoms. The molecule has 0 aliphatic heterocycles. The Hall–Kier alpha value is 0.540. The first kappa shape index (κ1) is 8.54. The van der Waals surface area contributed by atoms with Crippen LogP contribution >= 0.6 is 23.2 Å². The van der Waals surface area contributed by atoms with Crippen molar-refractivity contribution in [3.63, 3.8) is 0 Å². The van der Waals surface area contributed by atoms with Gasteiger partial charge in [-0.3, -0.25) is 0 Å². The van der Waals surface area contributed by atoms with Crippen LogP contribution in [0.1, 0.15) is 19.8 Å². The van der Waals surface area contributed by atoms with Gasteiger partial charge in [-0.25, -0.2) is 0 Å². The molecule has 0 aromatic heterocycles. The van der Waals surface area contributed by atoms with Gasteiger partial charge >= 0.3 is 0 Å². The summed E-state index contributed by atoms with van der Waals surface area (Å²) in [6, 6.07) is 0.218. The van der Waals surface area contributed by atoms with E-state index in [1.54, 1.807) is 0 Å². The molecule has 0 rings (SSSR count). The van der Waals surface area contributed by atoms with Crippen LogP contribution in [0, 0.1) is 0 Å². The third-order valence-corrected chi connectivity index (χ3v) is 1.28. The number of nitrogens with two attached hydrogens (primary N) is 1. The van der Waals surface area contributed by atoms with E-state index in [1.807, 2.05) is 6.92 Å². The number of hydrogen-bond donors (Lipinski definition) is 1. The van der Waals surface area contributed by atoms with Crippen molar-refractivity contribution in [2.75, 3.05) is 0 Å². The number of hydrogen-bond acceptors (Lipinski definition) is 1. The fraction of sp³-hybridized carbons (Fsp3) is 1.00. The first-order valence-electron chi connectivity index (χ1n) is 2.66. The highest BCUT2D eigenvalue weighted by Gasteiger charge is 1.99. The topological polar surface area (TPSA) is 26.0 Å². The van der Waals surface area contributed by atoms with E-state index < -0.39 is 0 Å². The van der Waals surface area contributed by atoms with Gasteiger partial charge < -0.3 is 5.73 Å².